The second kappa shape index (κ2) is 4.06. The molecule has 82 valence electrons. The zero-order valence-corrected chi connectivity index (χ0v) is 8.83. The minimum Gasteiger partial charge on any atom is -0.475 e. The molecule has 1 aromatic heterocycles. The topological polar surface area (TPSA) is 70.8 Å². The van der Waals surface area contributed by atoms with Crippen LogP contribution in [0.3, 0.4) is 0 Å². The van der Waals surface area contributed by atoms with Crippen LogP contribution in [0, 0.1) is 0 Å². The van der Waals surface area contributed by atoms with Crippen LogP contribution in [0.1, 0.15) is 10.6 Å². The van der Waals surface area contributed by atoms with Crippen molar-refractivity contribution in [3.8, 4) is 0 Å². The van der Waals surface area contributed by atoms with Crippen LogP contribution in [0.4, 0.5) is 5.88 Å². The lowest BCUT2D eigenvalue weighted by Gasteiger charge is -2.25. The number of anilines is 1. The first-order valence-corrected chi connectivity index (χ1v) is 6.08. The summed E-state index contributed by atoms with van der Waals surface area (Å²) in [5.41, 5.74) is 0. The van der Waals surface area contributed by atoms with E-state index < -0.39 is 16.8 Å². The third-order valence-electron chi connectivity index (χ3n) is 2.29. The van der Waals surface area contributed by atoms with Crippen molar-refractivity contribution in [3.63, 3.8) is 0 Å². The summed E-state index contributed by atoms with van der Waals surface area (Å²) in [5, 5.41) is 8.68. The van der Waals surface area contributed by atoms with Crippen molar-refractivity contribution in [1.29, 1.82) is 0 Å². The molecule has 0 saturated carbocycles. The number of aromatic carboxylic acids is 1. The number of rotatable bonds is 2. The first-order chi connectivity index (χ1) is 7.16. The summed E-state index contributed by atoms with van der Waals surface area (Å²) in [6.45, 7) is 1.30. The lowest BCUT2D eigenvalue weighted by Crippen LogP contribution is -2.37. The van der Waals surface area contributed by atoms with Gasteiger partial charge in [0, 0.05) is 41.5 Å². The average Bonchev–Trinajstić information content (AvgIpc) is 2.68. The van der Waals surface area contributed by atoms with Crippen LogP contribution in [-0.4, -0.2) is 39.9 Å². The van der Waals surface area contributed by atoms with Crippen LogP contribution in [0.5, 0.6) is 0 Å². The summed E-state index contributed by atoms with van der Waals surface area (Å²) < 4.78 is 16.3. The molecule has 0 bridgehead atoms. The zero-order valence-electron chi connectivity index (χ0n) is 8.01. The molecule has 0 spiro atoms. The van der Waals surface area contributed by atoms with Gasteiger partial charge in [0.25, 0.3) is 0 Å². The normalized spacial score (nSPS) is 18.0. The van der Waals surface area contributed by atoms with Crippen molar-refractivity contribution in [3.05, 3.63) is 17.9 Å². The molecular formula is C9H11NO4S. The standard InChI is InChI=1S/C9H11NO4S/c11-9(12)7-1-2-8(14-7)10-3-5-15(13)6-4-10/h1-2H,3-6H2,(H,11,12). The molecule has 0 aliphatic carbocycles. The van der Waals surface area contributed by atoms with Crippen molar-refractivity contribution in [1.82, 2.24) is 0 Å². The molecule has 0 amide bonds. The van der Waals surface area contributed by atoms with E-state index in [-0.39, 0.29) is 5.76 Å². The Labute approximate surface area is 89.1 Å². The minimum absolute atomic E-state index is 0.0586. The molecule has 2 rings (SSSR count). The van der Waals surface area contributed by atoms with Gasteiger partial charge in [-0.15, -0.1) is 0 Å². The lowest BCUT2D eigenvalue weighted by atomic mass is 10.4. The first kappa shape index (κ1) is 10.2. The van der Waals surface area contributed by atoms with E-state index in [0.29, 0.717) is 30.5 Å². The molecule has 0 radical (unpaired) electrons. The van der Waals surface area contributed by atoms with E-state index in [1.165, 1.54) is 6.07 Å². The molecule has 2 heterocycles. The molecule has 1 fully saturated rings. The van der Waals surface area contributed by atoms with Crippen molar-refractivity contribution >= 4 is 22.7 Å². The third kappa shape index (κ3) is 2.20. The van der Waals surface area contributed by atoms with Gasteiger partial charge in [0.15, 0.2) is 5.88 Å². The van der Waals surface area contributed by atoms with Gasteiger partial charge in [-0.1, -0.05) is 0 Å². The fraction of sp³-hybridized carbons (Fsp3) is 0.444. The van der Waals surface area contributed by atoms with E-state index in [9.17, 15) is 9.00 Å². The summed E-state index contributed by atoms with van der Waals surface area (Å²) in [6, 6.07) is 3.07. The molecule has 0 atom stereocenters. The average molecular weight is 229 g/mol. The predicted molar refractivity (Wildman–Crippen MR) is 55.8 cm³/mol. The zero-order chi connectivity index (χ0) is 10.8. The second-order valence-electron chi connectivity index (χ2n) is 3.28. The summed E-state index contributed by atoms with van der Waals surface area (Å²) in [7, 11) is -0.736. The maximum Gasteiger partial charge on any atom is 0.371 e. The molecule has 1 saturated heterocycles. The SMILES string of the molecule is O=C(O)c1ccc(N2CCS(=O)CC2)o1. The molecule has 15 heavy (non-hydrogen) atoms. The summed E-state index contributed by atoms with van der Waals surface area (Å²) in [4.78, 5) is 12.5. The van der Waals surface area contributed by atoms with Crippen molar-refractivity contribution in [2.45, 2.75) is 0 Å². The molecule has 0 unspecified atom stereocenters. The van der Waals surface area contributed by atoms with Gasteiger partial charge in [-0.3, -0.25) is 4.21 Å². The predicted octanol–water partition coefficient (Wildman–Crippen LogP) is 0.546. The van der Waals surface area contributed by atoms with Crippen molar-refractivity contribution in [2.75, 3.05) is 29.5 Å². The Morgan fingerprint density at radius 1 is 1.40 bits per heavy atom. The van der Waals surface area contributed by atoms with Crippen LogP contribution >= 0.6 is 0 Å². The van der Waals surface area contributed by atoms with Gasteiger partial charge in [-0.2, -0.15) is 0 Å². The highest BCUT2D eigenvalue weighted by molar-refractivity contribution is 7.85. The van der Waals surface area contributed by atoms with E-state index in [4.69, 9.17) is 9.52 Å². The molecule has 1 N–H and O–H groups in total. The van der Waals surface area contributed by atoms with E-state index in [1.54, 1.807) is 6.07 Å². The largest absolute Gasteiger partial charge is 0.475 e. The Bertz CT molecular complexity index is 391. The minimum atomic E-state index is -1.07. The van der Waals surface area contributed by atoms with E-state index in [1.807, 2.05) is 4.90 Å². The summed E-state index contributed by atoms with van der Waals surface area (Å²) >= 11 is 0. The number of hydrogen-bond acceptors (Lipinski definition) is 4. The van der Waals surface area contributed by atoms with Crippen LogP contribution in [0.25, 0.3) is 0 Å². The highest BCUT2D eigenvalue weighted by Crippen LogP contribution is 2.19. The lowest BCUT2D eigenvalue weighted by molar-refractivity contribution is 0.0663. The Hall–Kier alpha value is -1.30. The summed E-state index contributed by atoms with van der Waals surface area (Å²) in [5.74, 6) is 0.647. The van der Waals surface area contributed by atoms with Gasteiger partial charge in [0.2, 0.25) is 5.76 Å². The smallest absolute Gasteiger partial charge is 0.371 e. The highest BCUT2D eigenvalue weighted by atomic mass is 32.2. The van der Waals surface area contributed by atoms with Crippen molar-refractivity contribution < 1.29 is 18.5 Å². The van der Waals surface area contributed by atoms with Gasteiger partial charge >= 0.3 is 5.97 Å². The second-order valence-corrected chi connectivity index (χ2v) is 4.97. The highest BCUT2D eigenvalue weighted by Gasteiger charge is 2.19. The fourth-order valence-corrected chi connectivity index (χ4v) is 2.52. The van der Waals surface area contributed by atoms with Gasteiger partial charge < -0.3 is 14.4 Å². The number of nitrogens with zero attached hydrogens (tertiary/aromatic N) is 1. The summed E-state index contributed by atoms with van der Waals surface area (Å²) in [6.07, 6.45) is 0. The molecule has 1 aliphatic rings. The third-order valence-corrected chi connectivity index (χ3v) is 3.57. The van der Waals surface area contributed by atoms with E-state index in [0.717, 1.165) is 0 Å². The van der Waals surface area contributed by atoms with Crippen LogP contribution in [-0.2, 0) is 10.8 Å². The number of furan rings is 1. The van der Waals surface area contributed by atoms with E-state index in [2.05, 4.69) is 0 Å². The monoisotopic (exact) mass is 229 g/mol. The van der Waals surface area contributed by atoms with Crippen molar-refractivity contribution in [2.24, 2.45) is 0 Å². The maximum absolute atomic E-state index is 11.1. The fourth-order valence-electron chi connectivity index (χ4n) is 1.47. The van der Waals surface area contributed by atoms with Gasteiger partial charge in [0.05, 0.1) is 0 Å². The quantitative estimate of drug-likeness (QED) is 0.801. The molecule has 6 heteroatoms. The number of hydrogen-bond donors (Lipinski definition) is 1. The molecule has 1 aliphatic heterocycles. The van der Waals surface area contributed by atoms with Crippen LogP contribution in [0.2, 0.25) is 0 Å². The molecular weight excluding hydrogens is 218 g/mol. The molecule has 1 aromatic rings. The number of carbonyl (C=O) groups is 1. The Kier molecular flexibility index (Phi) is 2.77. The van der Waals surface area contributed by atoms with Crippen LogP contribution in [0.15, 0.2) is 16.5 Å². The van der Waals surface area contributed by atoms with Gasteiger partial charge in [0.1, 0.15) is 0 Å². The Balaban J connectivity index is 2.09. The maximum atomic E-state index is 11.1. The Morgan fingerprint density at radius 2 is 2.07 bits per heavy atom. The molecule has 5 nitrogen and oxygen atoms in total. The Morgan fingerprint density at radius 3 is 2.60 bits per heavy atom. The van der Waals surface area contributed by atoms with E-state index >= 15 is 0 Å². The van der Waals surface area contributed by atoms with Gasteiger partial charge in [-0.25, -0.2) is 4.79 Å². The number of carboxylic acid groups (broad SMARTS) is 1. The molecule has 0 aromatic carbocycles. The first-order valence-electron chi connectivity index (χ1n) is 4.60. The van der Waals surface area contributed by atoms with Crippen LogP contribution < -0.4 is 4.90 Å². The number of carboxylic acids is 1. The van der Waals surface area contributed by atoms with Gasteiger partial charge in [-0.05, 0) is 6.07 Å².